The Bertz CT molecular complexity index is 50.0. The first-order valence-electron chi connectivity index (χ1n) is 2.69. The van der Waals surface area contributed by atoms with E-state index >= 15 is 0 Å². The summed E-state index contributed by atoms with van der Waals surface area (Å²) in [6.45, 7) is 1.23. The van der Waals surface area contributed by atoms with Gasteiger partial charge in [0.25, 0.3) is 0 Å². The predicted molar refractivity (Wildman–Crippen MR) is 34.5 cm³/mol. The molecule has 1 aliphatic rings. The van der Waals surface area contributed by atoms with Crippen molar-refractivity contribution in [1.82, 2.24) is 5.32 Å². The highest BCUT2D eigenvalue weighted by atomic mass is 32.2. The smallest absolute Gasteiger partial charge is 0.0529 e. The lowest BCUT2D eigenvalue weighted by Crippen LogP contribution is -2.16. The summed E-state index contributed by atoms with van der Waals surface area (Å²) < 4.78 is 0. The normalized spacial score (nSPS) is 31.3. The van der Waals surface area contributed by atoms with Crippen LogP contribution in [0.5, 0.6) is 0 Å². The van der Waals surface area contributed by atoms with Gasteiger partial charge in [0, 0.05) is 0 Å². The molecule has 0 radical (unpaired) electrons. The molecule has 0 amide bonds. The van der Waals surface area contributed by atoms with Crippen molar-refractivity contribution in [3.8, 4) is 0 Å². The highest BCUT2D eigenvalue weighted by molar-refractivity contribution is 7.99. The zero-order valence-electron chi connectivity index (χ0n) is 4.61. The fourth-order valence-electron chi connectivity index (χ4n) is 0.854. The zero-order valence-corrected chi connectivity index (χ0v) is 5.42. The lowest BCUT2D eigenvalue weighted by molar-refractivity contribution is 0.808. The predicted octanol–water partition coefficient (Wildman–Crippen LogP) is 1.06. The molecule has 0 unspecified atom stereocenters. The Morgan fingerprint density at radius 1 is 1.71 bits per heavy atom. The van der Waals surface area contributed by atoms with Crippen LogP contribution >= 0.6 is 11.8 Å². The van der Waals surface area contributed by atoms with Crippen molar-refractivity contribution < 1.29 is 0 Å². The molecular formula is C5H11NS. The van der Waals surface area contributed by atoms with Crippen molar-refractivity contribution in [2.24, 2.45) is 0 Å². The Morgan fingerprint density at radius 3 is 2.86 bits per heavy atom. The molecule has 1 nitrogen and oxygen atoms in total. The second-order valence-corrected chi connectivity index (χ2v) is 2.86. The van der Waals surface area contributed by atoms with Gasteiger partial charge in [0.1, 0.15) is 0 Å². The molecule has 2 heteroatoms. The van der Waals surface area contributed by atoms with Crippen LogP contribution in [0.4, 0.5) is 0 Å². The van der Waals surface area contributed by atoms with E-state index < -0.39 is 0 Å². The van der Waals surface area contributed by atoms with Gasteiger partial charge in [-0.1, -0.05) is 0 Å². The summed E-state index contributed by atoms with van der Waals surface area (Å²) in [6.07, 6.45) is 4.88. The van der Waals surface area contributed by atoms with Crippen LogP contribution in [0.1, 0.15) is 12.8 Å². The number of nitrogens with one attached hydrogen (secondary N) is 1. The van der Waals surface area contributed by atoms with Gasteiger partial charge in [-0.3, -0.25) is 0 Å². The van der Waals surface area contributed by atoms with Gasteiger partial charge in [0.2, 0.25) is 0 Å². The SMILES string of the molecule is CS[C@@H]1CCCN1. The third-order valence-corrected chi connectivity index (χ3v) is 2.27. The van der Waals surface area contributed by atoms with Crippen molar-refractivity contribution in [2.45, 2.75) is 18.2 Å². The molecule has 0 aromatic rings. The fraction of sp³-hybridized carbons (Fsp3) is 1.00. The minimum atomic E-state index is 0.764. The van der Waals surface area contributed by atoms with E-state index in [1.807, 2.05) is 11.8 Å². The number of hydrogen-bond acceptors (Lipinski definition) is 2. The molecule has 0 aromatic heterocycles. The van der Waals surface area contributed by atoms with Crippen LogP contribution in [-0.2, 0) is 0 Å². The second-order valence-electron chi connectivity index (χ2n) is 1.82. The molecule has 1 atom stereocenters. The number of thioether (sulfide) groups is 1. The minimum absolute atomic E-state index is 0.764. The lowest BCUT2D eigenvalue weighted by atomic mass is 10.4. The van der Waals surface area contributed by atoms with Crippen LogP contribution in [0.15, 0.2) is 0 Å². The highest BCUT2D eigenvalue weighted by Gasteiger charge is 2.10. The van der Waals surface area contributed by atoms with Crippen molar-refractivity contribution in [3.05, 3.63) is 0 Å². The quantitative estimate of drug-likeness (QED) is 0.551. The average molecular weight is 117 g/mol. The minimum Gasteiger partial charge on any atom is -0.305 e. The van der Waals surface area contributed by atoms with E-state index in [-0.39, 0.29) is 0 Å². The Balaban J connectivity index is 2.14. The first kappa shape index (κ1) is 5.45. The molecule has 0 aromatic carbocycles. The molecule has 1 rings (SSSR count). The first-order valence-corrected chi connectivity index (χ1v) is 3.98. The van der Waals surface area contributed by atoms with E-state index in [1.165, 1.54) is 19.4 Å². The van der Waals surface area contributed by atoms with Crippen molar-refractivity contribution >= 4 is 11.8 Å². The Labute approximate surface area is 48.9 Å². The van der Waals surface area contributed by atoms with E-state index in [0.29, 0.717) is 0 Å². The van der Waals surface area contributed by atoms with Crippen LogP contribution in [0, 0.1) is 0 Å². The highest BCUT2D eigenvalue weighted by Crippen LogP contribution is 2.14. The topological polar surface area (TPSA) is 12.0 Å². The van der Waals surface area contributed by atoms with Crippen LogP contribution in [-0.4, -0.2) is 18.2 Å². The standard InChI is InChI=1S/C5H11NS/c1-7-5-3-2-4-6-5/h5-6H,2-4H2,1H3/t5-/m1/s1. The van der Waals surface area contributed by atoms with Crippen LogP contribution in [0.2, 0.25) is 0 Å². The van der Waals surface area contributed by atoms with Gasteiger partial charge in [-0.15, -0.1) is 11.8 Å². The van der Waals surface area contributed by atoms with Crippen LogP contribution in [0.25, 0.3) is 0 Å². The van der Waals surface area contributed by atoms with Gasteiger partial charge in [0.15, 0.2) is 0 Å². The van der Waals surface area contributed by atoms with Gasteiger partial charge >= 0.3 is 0 Å². The summed E-state index contributed by atoms with van der Waals surface area (Å²) in [5.74, 6) is 0. The summed E-state index contributed by atoms with van der Waals surface area (Å²) in [5, 5.41) is 4.13. The first-order chi connectivity index (χ1) is 3.43. The molecule has 0 saturated carbocycles. The molecule has 1 N–H and O–H groups in total. The molecule has 1 saturated heterocycles. The van der Waals surface area contributed by atoms with E-state index in [4.69, 9.17) is 0 Å². The van der Waals surface area contributed by atoms with Gasteiger partial charge < -0.3 is 5.32 Å². The third-order valence-electron chi connectivity index (χ3n) is 1.30. The van der Waals surface area contributed by atoms with Crippen LogP contribution in [0.3, 0.4) is 0 Å². The summed E-state index contributed by atoms with van der Waals surface area (Å²) in [6, 6.07) is 0. The van der Waals surface area contributed by atoms with E-state index in [1.54, 1.807) is 0 Å². The molecule has 42 valence electrons. The number of rotatable bonds is 1. The van der Waals surface area contributed by atoms with Gasteiger partial charge in [0.05, 0.1) is 5.37 Å². The number of hydrogen-bond donors (Lipinski definition) is 1. The average Bonchev–Trinajstić information content (AvgIpc) is 2.14. The zero-order chi connectivity index (χ0) is 5.11. The monoisotopic (exact) mass is 117 g/mol. The Morgan fingerprint density at radius 2 is 2.57 bits per heavy atom. The summed E-state index contributed by atoms with van der Waals surface area (Å²) >= 11 is 1.92. The third kappa shape index (κ3) is 1.35. The molecule has 0 aliphatic carbocycles. The second kappa shape index (κ2) is 2.58. The molecular weight excluding hydrogens is 106 g/mol. The fourth-order valence-corrected chi connectivity index (χ4v) is 1.54. The van der Waals surface area contributed by atoms with Gasteiger partial charge in [-0.05, 0) is 25.6 Å². The summed E-state index contributed by atoms with van der Waals surface area (Å²) in [4.78, 5) is 0. The van der Waals surface area contributed by atoms with E-state index in [9.17, 15) is 0 Å². The maximum Gasteiger partial charge on any atom is 0.0529 e. The summed E-state index contributed by atoms with van der Waals surface area (Å²) in [5.41, 5.74) is 0. The Kier molecular flexibility index (Phi) is 2.00. The lowest BCUT2D eigenvalue weighted by Gasteiger charge is -2.01. The molecule has 0 bridgehead atoms. The molecule has 7 heavy (non-hydrogen) atoms. The maximum atomic E-state index is 3.37. The van der Waals surface area contributed by atoms with E-state index in [0.717, 1.165) is 5.37 Å². The van der Waals surface area contributed by atoms with Crippen LogP contribution < -0.4 is 5.32 Å². The van der Waals surface area contributed by atoms with Crippen molar-refractivity contribution in [3.63, 3.8) is 0 Å². The van der Waals surface area contributed by atoms with Crippen molar-refractivity contribution in [2.75, 3.05) is 12.8 Å². The molecule has 0 spiro atoms. The van der Waals surface area contributed by atoms with Crippen molar-refractivity contribution in [1.29, 1.82) is 0 Å². The maximum absolute atomic E-state index is 3.37. The largest absolute Gasteiger partial charge is 0.305 e. The summed E-state index contributed by atoms with van der Waals surface area (Å²) in [7, 11) is 0. The Hall–Kier alpha value is 0.310. The molecule has 1 aliphatic heterocycles. The van der Waals surface area contributed by atoms with Gasteiger partial charge in [-0.2, -0.15) is 0 Å². The molecule has 1 heterocycles. The van der Waals surface area contributed by atoms with Gasteiger partial charge in [-0.25, -0.2) is 0 Å². The van der Waals surface area contributed by atoms with E-state index in [2.05, 4.69) is 11.6 Å². The molecule has 1 fully saturated rings.